The number of hydrogen-bond donors (Lipinski definition) is 2. The van der Waals surface area contributed by atoms with Crippen molar-refractivity contribution in [2.75, 3.05) is 39.3 Å². The van der Waals surface area contributed by atoms with Gasteiger partial charge in [-0.3, -0.25) is 0 Å². The Kier molecular flexibility index (Phi) is 5.13. The fraction of sp³-hybridized carbons (Fsp3) is 0.556. The summed E-state index contributed by atoms with van der Waals surface area (Å²) in [5.74, 6) is 0. The Hall–Kier alpha value is -1.36. The first-order valence-corrected chi connectivity index (χ1v) is 8.49. The number of nitrogens with two attached hydrogens (primary N) is 1. The molecule has 0 radical (unpaired) electrons. The van der Waals surface area contributed by atoms with E-state index < -0.39 is 0 Å². The minimum Gasteiger partial charge on any atom is -0.347 e. The fourth-order valence-electron chi connectivity index (χ4n) is 3.34. The van der Waals surface area contributed by atoms with E-state index in [1.165, 1.54) is 35.1 Å². The Balaban J connectivity index is 1.79. The summed E-state index contributed by atoms with van der Waals surface area (Å²) in [6, 6.07) is 6.80. The fourth-order valence-corrected chi connectivity index (χ4v) is 3.34. The largest absolute Gasteiger partial charge is 0.347 e. The first-order valence-electron chi connectivity index (χ1n) is 8.49. The summed E-state index contributed by atoms with van der Waals surface area (Å²) in [4.78, 5) is 2.56. The molecular formula is C18H28N4. The van der Waals surface area contributed by atoms with E-state index in [1.54, 1.807) is 0 Å². The lowest BCUT2D eigenvalue weighted by molar-refractivity contribution is 0.244. The van der Waals surface area contributed by atoms with Crippen molar-refractivity contribution in [1.29, 1.82) is 0 Å². The highest BCUT2D eigenvalue weighted by Crippen LogP contribution is 2.24. The second-order valence-electron chi connectivity index (χ2n) is 6.35. The maximum atomic E-state index is 5.68. The molecule has 0 atom stereocenters. The average molecular weight is 300 g/mol. The summed E-state index contributed by atoms with van der Waals surface area (Å²) in [7, 11) is 0. The van der Waals surface area contributed by atoms with Gasteiger partial charge in [0.15, 0.2) is 0 Å². The molecule has 4 nitrogen and oxygen atoms in total. The van der Waals surface area contributed by atoms with Crippen molar-refractivity contribution in [2.45, 2.75) is 26.3 Å². The number of rotatable bonds is 6. The van der Waals surface area contributed by atoms with Crippen molar-refractivity contribution < 1.29 is 0 Å². The molecule has 1 aromatic carbocycles. The van der Waals surface area contributed by atoms with E-state index in [4.69, 9.17) is 5.73 Å². The number of benzene rings is 1. The van der Waals surface area contributed by atoms with Gasteiger partial charge in [-0.05, 0) is 44.0 Å². The zero-order valence-electron chi connectivity index (χ0n) is 13.6. The van der Waals surface area contributed by atoms with Crippen molar-refractivity contribution in [3.05, 3.63) is 35.5 Å². The van der Waals surface area contributed by atoms with Crippen molar-refractivity contribution in [2.24, 2.45) is 5.73 Å². The van der Waals surface area contributed by atoms with Gasteiger partial charge in [-0.25, -0.2) is 0 Å². The molecule has 0 unspecified atom stereocenters. The summed E-state index contributed by atoms with van der Waals surface area (Å²) in [5, 5.41) is 4.84. The van der Waals surface area contributed by atoms with Gasteiger partial charge in [0.05, 0.1) is 0 Å². The van der Waals surface area contributed by atoms with Gasteiger partial charge < -0.3 is 20.5 Å². The van der Waals surface area contributed by atoms with E-state index in [9.17, 15) is 0 Å². The molecule has 2 heterocycles. The molecule has 1 aromatic heterocycles. The summed E-state index contributed by atoms with van der Waals surface area (Å²) in [6.45, 7) is 9.69. The highest BCUT2D eigenvalue weighted by Gasteiger charge is 2.12. The Bertz CT molecular complexity index is 611. The number of nitrogens with zero attached hydrogens (tertiary/aromatic N) is 2. The summed E-state index contributed by atoms with van der Waals surface area (Å²) >= 11 is 0. The molecule has 0 bridgehead atoms. The molecule has 0 amide bonds. The third-order valence-electron chi connectivity index (χ3n) is 4.63. The lowest BCUT2D eigenvalue weighted by atomic mass is 10.1. The van der Waals surface area contributed by atoms with Gasteiger partial charge in [-0.1, -0.05) is 11.6 Å². The summed E-state index contributed by atoms with van der Waals surface area (Å²) < 4.78 is 2.38. The molecule has 1 aliphatic rings. The molecule has 3 rings (SSSR count). The third kappa shape index (κ3) is 3.51. The molecule has 1 fully saturated rings. The molecule has 1 saturated heterocycles. The van der Waals surface area contributed by atoms with Crippen molar-refractivity contribution in [3.63, 3.8) is 0 Å². The second-order valence-corrected chi connectivity index (χ2v) is 6.35. The zero-order valence-corrected chi connectivity index (χ0v) is 13.6. The van der Waals surface area contributed by atoms with Crippen LogP contribution in [0.4, 0.5) is 0 Å². The van der Waals surface area contributed by atoms with Crippen LogP contribution in [0.15, 0.2) is 24.4 Å². The highest BCUT2D eigenvalue weighted by molar-refractivity contribution is 5.84. The van der Waals surface area contributed by atoms with Crippen LogP contribution < -0.4 is 11.1 Å². The van der Waals surface area contributed by atoms with Gasteiger partial charge in [0.1, 0.15) is 0 Å². The van der Waals surface area contributed by atoms with Crippen molar-refractivity contribution >= 4 is 10.9 Å². The maximum Gasteiger partial charge on any atom is 0.0483 e. The Morgan fingerprint density at radius 1 is 1.18 bits per heavy atom. The minimum absolute atomic E-state index is 0.752. The van der Waals surface area contributed by atoms with E-state index in [2.05, 4.69) is 46.1 Å². The summed E-state index contributed by atoms with van der Waals surface area (Å²) in [6.07, 6.45) is 4.52. The van der Waals surface area contributed by atoms with Crippen LogP contribution in [0.3, 0.4) is 0 Å². The summed E-state index contributed by atoms with van der Waals surface area (Å²) in [5.41, 5.74) is 9.86. The number of nitrogens with one attached hydrogen (secondary N) is 1. The van der Waals surface area contributed by atoms with Crippen LogP contribution in [0.1, 0.15) is 17.5 Å². The molecule has 120 valence electrons. The molecule has 4 heteroatoms. The van der Waals surface area contributed by atoms with E-state index in [0.717, 1.165) is 45.6 Å². The normalized spacial score (nSPS) is 16.5. The smallest absolute Gasteiger partial charge is 0.0483 e. The van der Waals surface area contributed by atoms with Gasteiger partial charge in [0.2, 0.25) is 0 Å². The Morgan fingerprint density at radius 2 is 2.00 bits per heavy atom. The topological polar surface area (TPSA) is 46.2 Å². The number of aromatic nitrogens is 1. The first-order chi connectivity index (χ1) is 10.8. The lowest BCUT2D eigenvalue weighted by Crippen LogP contribution is -2.44. The Morgan fingerprint density at radius 3 is 2.77 bits per heavy atom. The first kappa shape index (κ1) is 15.5. The highest BCUT2D eigenvalue weighted by atomic mass is 15.2. The molecule has 1 aliphatic heterocycles. The monoisotopic (exact) mass is 300 g/mol. The predicted octanol–water partition coefficient (Wildman–Crippen LogP) is 1.75. The van der Waals surface area contributed by atoms with E-state index in [0.29, 0.717) is 0 Å². The van der Waals surface area contributed by atoms with E-state index >= 15 is 0 Å². The minimum atomic E-state index is 0.752. The van der Waals surface area contributed by atoms with Gasteiger partial charge in [0.25, 0.3) is 0 Å². The second kappa shape index (κ2) is 7.27. The van der Waals surface area contributed by atoms with Crippen LogP contribution in [0, 0.1) is 6.92 Å². The van der Waals surface area contributed by atoms with Crippen molar-refractivity contribution in [3.8, 4) is 0 Å². The van der Waals surface area contributed by atoms with Crippen molar-refractivity contribution in [1.82, 2.24) is 14.8 Å². The standard InChI is InChI=1S/C18H28N4/c1-15-3-4-18-17(13-15)16(14-22(18)9-2-6-19)5-10-21-11-7-20-8-12-21/h3-4,13-14,20H,2,5-12,19H2,1H3. The number of hydrogen-bond acceptors (Lipinski definition) is 3. The number of aryl methyl sites for hydroxylation is 2. The molecule has 22 heavy (non-hydrogen) atoms. The zero-order chi connectivity index (χ0) is 15.4. The van der Waals surface area contributed by atoms with Crippen LogP contribution in [0.25, 0.3) is 10.9 Å². The SMILES string of the molecule is Cc1ccc2c(c1)c(CCN1CCNCC1)cn2CCCN. The van der Waals surface area contributed by atoms with Gasteiger partial charge in [0, 0.05) is 56.4 Å². The molecule has 3 N–H and O–H groups in total. The van der Waals surface area contributed by atoms with Crippen LogP contribution >= 0.6 is 0 Å². The van der Waals surface area contributed by atoms with Crippen LogP contribution in [0.5, 0.6) is 0 Å². The average Bonchev–Trinajstić information content (AvgIpc) is 2.89. The number of fused-ring (bicyclic) bond motifs is 1. The maximum absolute atomic E-state index is 5.68. The molecule has 0 spiro atoms. The third-order valence-corrected chi connectivity index (χ3v) is 4.63. The van der Waals surface area contributed by atoms with Gasteiger partial charge in [-0.2, -0.15) is 0 Å². The van der Waals surface area contributed by atoms with E-state index in [1.807, 2.05) is 0 Å². The molecule has 0 saturated carbocycles. The van der Waals surface area contributed by atoms with Crippen LogP contribution in [-0.4, -0.2) is 48.7 Å². The van der Waals surface area contributed by atoms with Gasteiger partial charge >= 0.3 is 0 Å². The molecular weight excluding hydrogens is 272 g/mol. The quantitative estimate of drug-likeness (QED) is 0.854. The Labute approximate surface area is 133 Å². The molecule has 0 aliphatic carbocycles. The number of piperazine rings is 1. The van der Waals surface area contributed by atoms with E-state index in [-0.39, 0.29) is 0 Å². The lowest BCUT2D eigenvalue weighted by Gasteiger charge is -2.26. The predicted molar refractivity (Wildman–Crippen MR) is 93.4 cm³/mol. The molecule has 2 aromatic rings. The van der Waals surface area contributed by atoms with Crippen LogP contribution in [-0.2, 0) is 13.0 Å². The van der Waals surface area contributed by atoms with Crippen LogP contribution in [0.2, 0.25) is 0 Å². The van der Waals surface area contributed by atoms with Gasteiger partial charge in [-0.15, -0.1) is 0 Å².